The SMILES string of the molecule is Cc1ccc([N+](=O)[O-])c2c(NCC(O)CO)ccnc12. The number of nitro benzene ring substituents is 1. The summed E-state index contributed by atoms with van der Waals surface area (Å²) in [5, 5.41) is 32.6. The number of nitrogens with one attached hydrogen (secondary N) is 1. The summed E-state index contributed by atoms with van der Waals surface area (Å²) >= 11 is 0. The van der Waals surface area contributed by atoms with E-state index in [0.717, 1.165) is 5.56 Å². The minimum absolute atomic E-state index is 0.0420. The average Bonchev–Trinajstić information content (AvgIpc) is 2.44. The van der Waals surface area contributed by atoms with Gasteiger partial charge >= 0.3 is 0 Å². The predicted molar refractivity (Wildman–Crippen MR) is 74.7 cm³/mol. The number of aromatic nitrogens is 1. The van der Waals surface area contributed by atoms with Crippen molar-refractivity contribution in [3.05, 3.63) is 40.1 Å². The molecular weight excluding hydrogens is 262 g/mol. The lowest BCUT2D eigenvalue weighted by Crippen LogP contribution is -2.23. The number of non-ortho nitro benzene ring substituents is 1. The Morgan fingerprint density at radius 3 is 2.85 bits per heavy atom. The van der Waals surface area contributed by atoms with Crippen LogP contribution in [0.1, 0.15) is 5.56 Å². The Balaban J connectivity index is 2.54. The first-order valence-electron chi connectivity index (χ1n) is 6.10. The van der Waals surface area contributed by atoms with Crippen molar-refractivity contribution < 1.29 is 15.1 Å². The highest BCUT2D eigenvalue weighted by atomic mass is 16.6. The van der Waals surface area contributed by atoms with Gasteiger partial charge in [0.1, 0.15) is 5.39 Å². The summed E-state index contributed by atoms with van der Waals surface area (Å²) in [5.41, 5.74) is 1.84. The van der Waals surface area contributed by atoms with Crippen LogP contribution in [-0.2, 0) is 0 Å². The number of hydrogen-bond acceptors (Lipinski definition) is 6. The summed E-state index contributed by atoms with van der Waals surface area (Å²) in [6.07, 6.45) is 0.620. The van der Waals surface area contributed by atoms with Gasteiger partial charge in [-0.1, -0.05) is 6.07 Å². The van der Waals surface area contributed by atoms with Crippen molar-refractivity contribution in [1.29, 1.82) is 0 Å². The van der Waals surface area contributed by atoms with Gasteiger partial charge in [0.05, 0.1) is 28.8 Å². The number of nitrogens with zero attached hydrogens (tertiary/aromatic N) is 2. The number of hydrogen-bond donors (Lipinski definition) is 3. The molecule has 0 bridgehead atoms. The fraction of sp³-hybridized carbons (Fsp3) is 0.308. The summed E-state index contributed by atoms with van der Waals surface area (Å²) in [4.78, 5) is 14.8. The highest BCUT2D eigenvalue weighted by molar-refractivity contribution is 6.00. The largest absolute Gasteiger partial charge is 0.394 e. The van der Waals surface area contributed by atoms with Gasteiger partial charge in [0.15, 0.2) is 0 Å². The van der Waals surface area contributed by atoms with Gasteiger partial charge < -0.3 is 15.5 Å². The zero-order chi connectivity index (χ0) is 14.7. The van der Waals surface area contributed by atoms with E-state index in [9.17, 15) is 15.2 Å². The molecule has 0 aliphatic heterocycles. The third-order valence-corrected chi connectivity index (χ3v) is 3.01. The lowest BCUT2D eigenvalue weighted by atomic mass is 10.1. The Morgan fingerprint density at radius 2 is 2.20 bits per heavy atom. The van der Waals surface area contributed by atoms with E-state index >= 15 is 0 Å². The fourth-order valence-electron chi connectivity index (χ4n) is 1.98. The number of aliphatic hydroxyl groups is 2. The van der Waals surface area contributed by atoms with Crippen molar-refractivity contribution in [2.75, 3.05) is 18.5 Å². The molecular formula is C13H15N3O4. The molecule has 7 heteroatoms. The molecule has 0 aliphatic rings. The topological polar surface area (TPSA) is 109 Å². The molecule has 1 heterocycles. The molecule has 0 aliphatic carbocycles. The maximum Gasteiger partial charge on any atom is 0.280 e. The molecule has 2 aromatic rings. The van der Waals surface area contributed by atoms with Gasteiger partial charge in [-0.05, 0) is 18.6 Å². The van der Waals surface area contributed by atoms with Gasteiger partial charge in [0.25, 0.3) is 5.69 Å². The number of aliphatic hydroxyl groups excluding tert-OH is 2. The van der Waals surface area contributed by atoms with Crippen molar-refractivity contribution in [3.8, 4) is 0 Å². The van der Waals surface area contributed by atoms with Crippen LogP contribution in [0.2, 0.25) is 0 Å². The van der Waals surface area contributed by atoms with E-state index in [1.165, 1.54) is 6.07 Å². The molecule has 0 amide bonds. The van der Waals surface area contributed by atoms with Gasteiger partial charge in [0, 0.05) is 18.8 Å². The molecule has 20 heavy (non-hydrogen) atoms. The Bertz CT molecular complexity index is 645. The Hall–Kier alpha value is -2.25. The van der Waals surface area contributed by atoms with Gasteiger partial charge in [-0.2, -0.15) is 0 Å². The second-order valence-electron chi connectivity index (χ2n) is 4.46. The maximum atomic E-state index is 11.1. The molecule has 0 saturated carbocycles. The zero-order valence-corrected chi connectivity index (χ0v) is 10.9. The highest BCUT2D eigenvalue weighted by Crippen LogP contribution is 2.32. The number of rotatable bonds is 5. The quantitative estimate of drug-likeness (QED) is 0.560. The second-order valence-corrected chi connectivity index (χ2v) is 4.46. The van der Waals surface area contributed by atoms with E-state index in [1.807, 2.05) is 6.92 Å². The van der Waals surface area contributed by atoms with Gasteiger partial charge in [-0.25, -0.2) is 0 Å². The average molecular weight is 277 g/mol. The summed E-state index contributed by atoms with van der Waals surface area (Å²) in [6, 6.07) is 4.70. The molecule has 0 radical (unpaired) electrons. The molecule has 7 nitrogen and oxygen atoms in total. The van der Waals surface area contributed by atoms with Gasteiger partial charge in [0.2, 0.25) is 0 Å². The minimum Gasteiger partial charge on any atom is -0.394 e. The molecule has 2 rings (SSSR count). The second kappa shape index (κ2) is 5.81. The molecule has 1 unspecified atom stereocenters. The Morgan fingerprint density at radius 1 is 1.45 bits per heavy atom. The summed E-state index contributed by atoms with van der Waals surface area (Å²) in [7, 11) is 0. The molecule has 0 fully saturated rings. The van der Waals surface area contributed by atoms with Gasteiger partial charge in [-0.15, -0.1) is 0 Å². The van der Waals surface area contributed by atoms with Crippen molar-refractivity contribution in [3.63, 3.8) is 0 Å². The summed E-state index contributed by atoms with van der Waals surface area (Å²) < 4.78 is 0. The Kier molecular flexibility index (Phi) is 4.11. The third kappa shape index (κ3) is 2.68. The van der Waals surface area contributed by atoms with Gasteiger partial charge in [-0.3, -0.25) is 15.1 Å². The molecule has 106 valence electrons. The van der Waals surface area contributed by atoms with E-state index in [2.05, 4.69) is 10.3 Å². The first kappa shape index (κ1) is 14.2. The first-order valence-corrected chi connectivity index (χ1v) is 6.10. The lowest BCUT2D eigenvalue weighted by Gasteiger charge is -2.13. The Labute approximate surface area is 115 Å². The first-order chi connectivity index (χ1) is 9.54. The highest BCUT2D eigenvalue weighted by Gasteiger charge is 2.17. The van der Waals surface area contributed by atoms with Crippen LogP contribution in [0.5, 0.6) is 0 Å². The number of nitro groups is 1. The summed E-state index contributed by atoms with van der Waals surface area (Å²) in [6.45, 7) is 1.54. The van der Waals surface area contributed by atoms with Crippen LogP contribution in [0, 0.1) is 17.0 Å². The van der Waals surface area contributed by atoms with Crippen LogP contribution in [0.15, 0.2) is 24.4 Å². The van der Waals surface area contributed by atoms with Crippen molar-refractivity contribution >= 4 is 22.3 Å². The molecule has 0 saturated heterocycles. The van der Waals surface area contributed by atoms with E-state index in [1.54, 1.807) is 18.3 Å². The van der Waals surface area contributed by atoms with E-state index in [0.29, 0.717) is 16.6 Å². The molecule has 0 spiro atoms. The van der Waals surface area contributed by atoms with Crippen LogP contribution < -0.4 is 5.32 Å². The smallest absolute Gasteiger partial charge is 0.280 e. The normalized spacial score (nSPS) is 12.3. The molecule has 1 aromatic carbocycles. The van der Waals surface area contributed by atoms with E-state index < -0.39 is 11.0 Å². The van der Waals surface area contributed by atoms with Crippen LogP contribution in [0.3, 0.4) is 0 Å². The zero-order valence-electron chi connectivity index (χ0n) is 10.9. The van der Waals surface area contributed by atoms with Crippen molar-refractivity contribution in [2.45, 2.75) is 13.0 Å². The predicted octanol–water partition coefficient (Wildman–Crippen LogP) is 1.22. The van der Waals surface area contributed by atoms with Crippen LogP contribution in [0.4, 0.5) is 11.4 Å². The number of anilines is 1. The molecule has 1 aromatic heterocycles. The molecule has 3 N–H and O–H groups in total. The van der Waals surface area contributed by atoms with Crippen molar-refractivity contribution in [1.82, 2.24) is 4.98 Å². The van der Waals surface area contributed by atoms with Crippen molar-refractivity contribution in [2.24, 2.45) is 0 Å². The lowest BCUT2D eigenvalue weighted by molar-refractivity contribution is -0.383. The van der Waals surface area contributed by atoms with Crippen LogP contribution >= 0.6 is 0 Å². The minimum atomic E-state index is -0.929. The van der Waals surface area contributed by atoms with Crippen LogP contribution in [-0.4, -0.2) is 39.4 Å². The third-order valence-electron chi connectivity index (χ3n) is 3.01. The fourth-order valence-corrected chi connectivity index (χ4v) is 1.98. The number of aryl methyl sites for hydroxylation is 1. The maximum absolute atomic E-state index is 11.1. The van der Waals surface area contributed by atoms with Crippen LogP contribution in [0.25, 0.3) is 10.9 Å². The van der Waals surface area contributed by atoms with E-state index in [-0.39, 0.29) is 18.8 Å². The standard InChI is InChI=1S/C13H15N3O4/c1-8-2-3-11(16(19)20)12-10(4-5-14-13(8)12)15-6-9(18)7-17/h2-5,9,17-18H,6-7H2,1H3,(H,14,15). The molecule has 1 atom stereocenters. The number of fused-ring (bicyclic) bond motifs is 1. The number of benzene rings is 1. The monoisotopic (exact) mass is 277 g/mol. The summed E-state index contributed by atoms with van der Waals surface area (Å²) in [5.74, 6) is 0. The number of pyridine rings is 1. The van der Waals surface area contributed by atoms with E-state index in [4.69, 9.17) is 5.11 Å².